The largest absolute Gasteiger partial charge is 0.271 e. The van der Waals surface area contributed by atoms with E-state index in [1.165, 1.54) is 0 Å². The molecule has 0 fully saturated rings. The number of nitrogens with one attached hydrogen (secondary N) is 1. The van der Waals surface area contributed by atoms with Gasteiger partial charge in [0.25, 0.3) is 0 Å². The van der Waals surface area contributed by atoms with Crippen LogP contribution in [0, 0.1) is 6.92 Å². The lowest BCUT2D eigenvalue weighted by atomic mass is 10.1. The van der Waals surface area contributed by atoms with Crippen molar-refractivity contribution in [3.63, 3.8) is 0 Å². The molecule has 0 aliphatic rings. The minimum atomic E-state index is 0.0932. The summed E-state index contributed by atoms with van der Waals surface area (Å²) in [7, 11) is 0. The maximum absolute atomic E-state index is 6.45. The smallest absolute Gasteiger partial charge is 0.0897 e. The topological polar surface area (TPSA) is 68.8 Å². The van der Waals surface area contributed by atoms with Gasteiger partial charge in [-0.1, -0.05) is 18.5 Å². The summed E-state index contributed by atoms with van der Waals surface area (Å²) < 4.78 is 1.97. The third-order valence-electron chi connectivity index (χ3n) is 3.49. The van der Waals surface area contributed by atoms with Crippen LogP contribution >= 0.6 is 22.9 Å². The van der Waals surface area contributed by atoms with Gasteiger partial charge in [0, 0.05) is 30.8 Å². The summed E-state index contributed by atoms with van der Waals surface area (Å²) in [6.07, 6.45) is 2.37. The molecule has 3 N–H and O–H groups in total. The molecule has 1 unspecified atom stereocenters. The summed E-state index contributed by atoms with van der Waals surface area (Å²) in [5.41, 5.74) is 5.94. The second-order valence-corrected chi connectivity index (χ2v) is 6.45. The van der Waals surface area contributed by atoms with Gasteiger partial charge in [-0.15, -0.1) is 11.3 Å². The summed E-state index contributed by atoms with van der Waals surface area (Å²) in [5.74, 6) is 5.71. The Morgan fingerprint density at radius 1 is 1.43 bits per heavy atom. The van der Waals surface area contributed by atoms with E-state index in [1.807, 2.05) is 11.6 Å². The predicted molar refractivity (Wildman–Crippen MR) is 87.7 cm³/mol. The van der Waals surface area contributed by atoms with Gasteiger partial charge in [-0.05, 0) is 20.3 Å². The van der Waals surface area contributed by atoms with Crippen molar-refractivity contribution in [2.24, 2.45) is 5.84 Å². The molecule has 0 aliphatic heterocycles. The molecule has 116 valence electrons. The molecule has 0 saturated heterocycles. The first-order chi connectivity index (χ1) is 10.1. The Bertz CT molecular complexity index is 592. The number of rotatable bonds is 7. The van der Waals surface area contributed by atoms with E-state index in [9.17, 15) is 0 Å². The second-order valence-electron chi connectivity index (χ2n) is 5.01. The fourth-order valence-electron chi connectivity index (χ4n) is 2.39. The van der Waals surface area contributed by atoms with Crippen molar-refractivity contribution in [1.82, 2.24) is 20.2 Å². The highest BCUT2D eigenvalue weighted by Gasteiger charge is 2.19. The number of aromatic nitrogens is 3. The van der Waals surface area contributed by atoms with Gasteiger partial charge < -0.3 is 0 Å². The minimum Gasteiger partial charge on any atom is -0.271 e. The maximum atomic E-state index is 6.45. The van der Waals surface area contributed by atoms with Crippen molar-refractivity contribution in [2.45, 2.75) is 52.6 Å². The van der Waals surface area contributed by atoms with Crippen LogP contribution in [0.1, 0.15) is 35.9 Å². The zero-order valence-electron chi connectivity index (χ0n) is 12.7. The summed E-state index contributed by atoms with van der Waals surface area (Å²) in [5, 5.41) is 8.47. The summed E-state index contributed by atoms with van der Waals surface area (Å²) in [6, 6.07) is 0.0932. The third-order valence-corrected chi connectivity index (χ3v) is 4.75. The highest BCUT2D eigenvalue weighted by Crippen LogP contribution is 2.23. The van der Waals surface area contributed by atoms with Crippen LogP contribution < -0.4 is 11.3 Å². The van der Waals surface area contributed by atoms with Gasteiger partial charge >= 0.3 is 0 Å². The first-order valence-corrected chi connectivity index (χ1v) is 8.45. The van der Waals surface area contributed by atoms with Crippen LogP contribution in [-0.4, -0.2) is 20.8 Å². The van der Waals surface area contributed by atoms with Crippen LogP contribution in [-0.2, 0) is 25.8 Å². The minimum absolute atomic E-state index is 0.0932. The first-order valence-electron chi connectivity index (χ1n) is 7.20. The van der Waals surface area contributed by atoms with Crippen molar-refractivity contribution in [2.75, 3.05) is 0 Å². The van der Waals surface area contributed by atoms with E-state index in [0.717, 1.165) is 52.9 Å². The maximum Gasteiger partial charge on any atom is 0.0897 e. The Morgan fingerprint density at radius 3 is 2.71 bits per heavy atom. The Hall–Kier alpha value is -0.950. The molecular formula is C14H22ClN5S. The third kappa shape index (κ3) is 3.83. The lowest BCUT2D eigenvalue weighted by Gasteiger charge is -2.15. The average Bonchev–Trinajstić information content (AvgIpc) is 3.02. The number of hydrazine groups is 1. The number of halogens is 1. The fourth-order valence-corrected chi connectivity index (χ4v) is 3.36. The predicted octanol–water partition coefficient (Wildman–Crippen LogP) is 2.50. The molecule has 21 heavy (non-hydrogen) atoms. The van der Waals surface area contributed by atoms with Crippen LogP contribution in [0.4, 0.5) is 0 Å². The van der Waals surface area contributed by atoms with Crippen LogP contribution in [0.3, 0.4) is 0 Å². The Balaban J connectivity index is 2.16. The van der Waals surface area contributed by atoms with Gasteiger partial charge in [0.1, 0.15) is 0 Å². The van der Waals surface area contributed by atoms with Crippen molar-refractivity contribution in [3.05, 3.63) is 32.5 Å². The molecule has 7 heteroatoms. The van der Waals surface area contributed by atoms with Crippen molar-refractivity contribution >= 4 is 22.9 Å². The molecule has 1 atom stereocenters. The van der Waals surface area contributed by atoms with E-state index >= 15 is 0 Å². The second kappa shape index (κ2) is 7.35. The molecule has 2 aromatic rings. The van der Waals surface area contributed by atoms with E-state index in [0.29, 0.717) is 0 Å². The molecule has 0 radical (unpaired) electrons. The highest BCUT2D eigenvalue weighted by atomic mass is 35.5. The van der Waals surface area contributed by atoms with E-state index < -0.39 is 0 Å². The van der Waals surface area contributed by atoms with E-state index in [4.69, 9.17) is 17.4 Å². The van der Waals surface area contributed by atoms with Crippen LogP contribution in [0.5, 0.6) is 0 Å². The van der Waals surface area contributed by atoms with Gasteiger partial charge in [0.05, 0.1) is 27.1 Å². The Kier molecular flexibility index (Phi) is 5.75. The van der Waals surface area contributed by atoms with E-state index in [2.05, 4.69) is 34.7 Å². The first kappa shape index (κ1) is 16.4. The fraction of sp³-hybridized carbons (Fsp3) is 0.571. The standard InChI is InChI=1S/C14H22ClN5S/c1-4-12-14(15)13(20(5-2)19-12)7-10(18-16)6-11-8-21-9(3)17-11/h8,10,18H,4-7,16H2,1-3H3. The van der Waals surface area contributed by atoms with Crippen LogP contribution in [0.2, 0.25) is 5.02 Å². The van der Waals surface area contributed by atoms with Gasteiger partial charge in [0.15, 0.2) is 0 Å². The normalized spacial score (nSPS) is 12.8. The molecule has 0 saturated carbocycles. The molecule has 0 aliphatic carbocycles. The molecule has 0 aromatic carbocycles. The van der Waals surface area contributed by atoms with Crippen molar-refractivity contribution in [1.29, 1.82) is 0 Å². The van der Waals surface area contributed by atoms with E-state index in [-0.39, 0.29) is 6.04 Å². The molecular weight excluding hydrogens is 306 g/mol. The number of aryl methyl sites for hydroxylation is 3. The highest BCUT2D eigenvalue weighted by molar-refractivity contribution is 7.09. The van der Waals surface area contributed by atoms with Gasteiger partial charge in [-0.3, -0.25) is 16.0 Å². The Labute approximate surface area is 134 Å². The summed E-state index contributed by atoms with van der Waals surface area (Å²) >= 11 is 8.11. The lowest BCUT2D eigenvalue weighted by Crippen LogP contribution is -2.39. The van der Waals surface area contributed by atoms with Gasteiger partial charge in [0.2, 0.25) is 0 Å². The zero-order valence-corrected chi connectivity index (χ0v) is 14.3. The molecule has 2 aromatic heterocycles. The summed E-state index contributed by atoms with van der Waals surface area (Å²) in [6.45, 7) is 6.95. The molecule has 0 spiro atoms. The Morgan fingerprint density at radius 2 is 2.19 bits per heavy atom. The lowest BCUT2D eigenvalue weighted by molar-refractivity contribution is 0.492. The molecule has 0 bridgehead atoms. The molecule has 0 amide bonds. The van der Waals surface area contributed by atoms with E-state index in [1.54, 1.807) is 11.3 Å². The number of nitrogens with two attached hydrogens (primary N) is 1. The molecule has 2 rings (SSSR count). The number of nitrogens with zero attached hydrogens (tertiary/aromatic N) is 3. The number of hydrogen-bond donors (Lipinski definition) is 2. The van der Waals surface area contributed by atoms with Crippen LogP contribution in [0.15, 0.2) is 5.38 Å². The van der Waals surface area contributed by atoms with Crippen molar-refractivity contribution in [3.8, 4) is 0 Å². The van der Waals surface area contributed by atoms with Crippen LogP contribution in [0.25, 0.3) is 0 Å². The zero-order chi connectivity index (χ0) is 15.4. The van der Waals surface area contributed by atoms with Gasteiger partial charge in [-0.2, -0.15) is 5.10 Å². The molecule has 5 nitrogen and oxygen atoms in total. The van der Waals surface area contributed by atoms with Gasteiger partial charge in [-0.25, -0.2) is 4.98 Å². The SMILES string of the molecule is CCc1nn(CC)c(CC(Cc2csc(C)n2)NN)c1Cl. The summed E-state index contributed by atoms with van der Waals surface area (Å²) in [4.78, 5) is 4.49. The molecule has 2 heterocycles. The monoisotopic (exact) mass is 327 g/mol. The number of hydrogen-bond acceptors (Lipinski definition) is 5. The average molecular weight is 328 g/mol. The number of thiazole rings is 1. The quantitative estimate of drug-likeness (QED) is 0.605. The van der Waals surface area contributed by atoms with Crippen molar-refractivity contribution < 1.29 is 0 Å².